The highest BCUT2D eigenvalue weighted by Gasteiger charge is 2.14. The van der Waals surface area contributed by atoms with E-state index >= 15 is 0 Å². The van der Waals surface area contributed by atoms with Crippen molar-refractivity contribution in [3.8, 4) is 0 Å². The largest absolute Gasteiger partial charge is 0.309 e. The predicted octanol–water partition coefficient (Wildman–Crippen LogP) is 10.0. The van der Waals surface area contributed by atoms with Gasteiger partial charge in [0.1, 0.15) is 0 Å². The second-order valence-electron chi connectivity index (χ2n) is 11.2. The Balaban J connectivity index is 0.000000268. The maximum atomic E-state index is 2.40. The van der Waals surface area contributed by atoms with Gasteiger partial charge in [0.05, 0.1) is 0 Å². The predicted molar refractivity (Wildman–Crippen MR) is 168 cm³/mol. The first-order valence-corrected chi connectivity index (χ1v) is 13.5. The number of benzene rings is 2. The normalized spacial score (nSPS) is 16.5. The van der Waals surface area contributed by atoms with Crippen LogP contribution in [0.15, 0.2) is 90.1 Å². The van der Waals surface area contributed by atoms with E-state index in [-0.39, 0.29) is 12.4 Å². The van der Waals surface area contributed by atoms with Gasteiger partial charge in [-0.05, 0) is 93.3 Å². The molecule has 4 rings (SSSR count). The van der Waals surface area contributed by atoms with Crippen LogP contribution in [0.2, 0.25) is 0 Å². The Morgan fingerprint density at radius 1 is 0.838 bits per heavy atom. The number of fused-ring (bicyclic) bond motifs is 2. The van der Waals surface area contributed by atoms with Crippen molar-refractivity contribution in [3.05, 3.63) is 112 Å². The summed E-state index contributed by atoms with van der Waals surface area (Å²) in [5, 5.41) is 0. The molecule has 0 aliphatic heterocycles. The zero-order valence-corrected chi connectivity index (χ0v) is 24.6. The molecule has 37 heavy (non-hydrogen) atoms. The average Bonchev–Trinajstić information content (AvgIpc) is 3.01. The van der Waals surface area contributed by atoms with Crippen molar-refractivity contribution >= 4 is 30.1 Å². The van der Waals surface area contributed by atoms with E-state index in [0.29, 0.717) is 5.41 Å². The van der Waals surface area contributed by atoms with Gasteiger partial charge < -0.3 is 4.90 Å². The quantitative estimate of drug-likeness (QED) is 0.313. The molecule has 2 aliphatic rings. The van der Waals surface area contributed by atoms with Crippen LogP contribution in [0.25, 0.3) is 17.7 Å². The molecular weight excluding hydrogens is 470 g/mol. The summed E-state index contributed by atoms with van der Waals surface area (Å²) in [5.41, 5.74) is 9.95. The molecule has 0 spiro atoms. The number of nitrogens with zero attached hydrogens (tertiary/aromatic N) is 1. The molecule has 0 radical (unpaired) electrons. The highest BCUT2D eigenvalue weighted by molar-refractivity contribution is 5.93. The Morgan fingerprint density at radius 2 is 1.43 bits per heavy atom. The Bertz CT molecular complexity index is 1110. The van der Waals surface area contributed by atoms with E-state index in [4.69, 9.17) is 0 Å². The molecule has 0 saturated heterocycles. The first kappa shape index (κ1) is 30.6. The molecule has 0 fully saturated rings. The van der Waals surface area contributed by atoms with Crippen LogP contribution in [-0.4, -0.2) is 25.5 Å². The van der Waals surface area contributed by atoms with Crippen LogP contribution in [0, 0.1) is 5.41 Å². The number of hydrogen-bond donors (Lipinski definition) is 0. The van der Waals surface area contributed by atoms with Crippen molar-refractivity contribution in [2.45, 2.75) is 59.8 Å². The Hall–Kier alpha value is -2.61. The molecule has 0 unspecified atom stereocenters. The number of halogens is 1. The molecule has 0 atom stereocenters. The van der Waals surface area contributed by atoms with E-state index in [1.807, 2.05) is 0 Å². The van der Waals surface area contributed by atoms with Gasteiger partial charge >= 0.3 is 0 Å². The van der Waals surface area contributed by atoms with Gasteiger partial charge in [0.15, 0.2) is 0 Å². The third-order valence-corrected chi connectivity index (χ3v) is 6.89. The fourth-order valence-corrected chi connectivity index (χ4v) is 4.59. The highest BCUT2D eigenvalue weighted by atomic mass is 35.5. The highest BCUT2D eigenvalue weighted by Crippen LogP contribution is 2.34. The third kappa shape index (κ3) is 9.99. The van der Waals surface area contributed by atoms with Gasteiger partial charge in [-0.1, -0.05) is 116 Å². The second-order valence-corrected chi connectivity index (χ2v) is 11.2. The monoisotopic (exact) mass is 515 g/mol. The summed E-state index contributed by atoms with van der Waals surface area (Å²) in [4.78, 5) is 2.23. The van der Waals surface area contributed by atoms with E-state index in [2.05, 4.69) is 138 Å². The standard InChI is InChI=1S/C20H21N.C15H24.ClH/c1-21(2)15-7-12-20-18-10-5-3-8-16(18)13-14-17-9-4-6-11-19(17)20;1-13-7-5-8-14(2)10-12-15(3,4)11-6-9-13;/h3-6,8-14H,7,15H2,1-2H3;6-7,10-11H,5,8-9,12H2,1-4H3;1H. The molecular formula is C35H46ClN. The zero-order chi connectivity index (χ0) is 26.0. The Morgan fingerprint density at radius 3 is 2.03 bits per heavy atom. The molecule has 2 aromatic rings. The minimum atomic E-state index is 0. The van der Waals surface area contributed by atoms with Crippen molar-refractivity contribution in [3.63, 3.8) is 0 Å². The molecule has 1 nitrogen and oxygen atoms in total. The molecule has 0 amide bonds. The summed E-state index contributed by atoms with van der Waals surface area (Å²) >= 11 is 0. The van der Waals surface area contributed by atoms with Crippen molar-refractivity contribution in [2.75, 3.05) is 20.6 Å². The minimum Gasteiger partial charge on any atom is -0.309 e. The summed E-state index contributed by atoms with van der Waals surface area (Å²) in [7, 11) is 4.24. The lowest BCUT2D eigenvalue weighted by Gasteiger charge is -2.18. The van der Waals surface area contributed by atoms with Crippen LogP contribution in [-0.2, 0) is 0 Å². The minimum absolute atomic E-state index is 0. The number of rotatable bonds is 3. The van der Waals surface area contributed by atoms with E-state index in [9.17, 15) is 0 Å². The van der Waals surface area contributed by atoms with Gasteiger partial charge in [-0.3, -0.25) is 0 Å². The summed E-state index contributed by atoms with van der Waals surface area (Å²) in [6.45, 7) is 10.2. The van der Waals surface area contributed by atoms with Gasteiger partial charge in [-0.15, -0.1) is 12.4 Å². The van der Waals surface area contributed by atoms with Crippen molar-refractivity contribution in [2.24, 2.45) is 5.41 Å². The van der Waals surface area contributed by atoms with E-state index in [1.165, 1.54) is 51.8 Å². The topological polar surface area (TPSA) is 3.24 Å². The molecule has 0 aromatic heterocycles. The SMILES string of the molecule is CC1=CCCC(C)=CCC(C)(C)C=CC1.CN(C)CCC=C1c2ccccc2C=Cc2ccccc21.Cl. The summed E-state index contributed by atoms with van der Waals surface area (Å²) in [6.07, 6.45) is 22.0. The molecule has 0 bridgehead atoms. The number of allylic oxidation sites excluding steroid dienone is 6. The maximum absolute atomic E-state index is 2.40. The lowest BCUT2D eigenvalue weighted by atomic mass is 9.87. The zero-order valence-electron chi connectivity index (χ0n) is 23.8. The van der Waals surface area contributed by atoms with E-state index < -0.39 is 0 Å². The van der Waals surface area contributed by atoms with Gasteiger partial charge in [0.25, 0.3) is 0 Å². The van der Waals surface area contributed by atoms with Gasteiger partial charge in [0.2, 0.25) is 0 Å². The van der Waals surface area contributed by atoms with Crippen LogP contribution in [0.5, 0.6) is 0 Å². The molecule has 0 heterocycles. The lowest BCUT2D eigenvalue weighted by Crippen LogP contribution is -2.12. The summed E-state index contributed by atoms with van der Waals surface area (Å²) in [6, 6.07) is 17.3. The van der Waals surface area contributed by atoms with Gasteiger partial charge in [-0.25, -0.2) is 0 Å². The first-order valence-electron chi connectivity index (χ1n) is 13.5. The summed E-state index contributed by atoms with van der Waals surface area (Å²) in [5.74, 6) is 0. The third-order valence-electron chi connectivity index (χ3n) is 6.89. The van der Waals surface area contributed by atoms with Crippen molar-refractivity contribution < 1.29 is 0 Å². The molecule has 198 valence electrons. The van der Waals surface area contributed by atoms with Crippen LogP contribution in [0.4, 0.5) is 0 Å². The van der Waals surface area contributed by atoms with Gasteiger partial charge in [0, 0.05) is 6.54 Å². The maximum Gasteiger partial charge on any atom is 0.00101 e. The Kier molecular flexibility index (Phi) is 12.4. The average molecular weight is 516 g/mol. The van der Waals surface area contributed by atoms with Crippen LogP contribution >= 0.6 is 12.4 Å². The molecule has 2 aromatic carbocycles. The van der Waals surface area contributed by atoms with Crippen molar-refractivity contribution in [1.29, 1.82) is 0 Å². The second kappa shape index (κ2) is 15.0. The molecule has 2 aliphatic carbocycles. The van der Waals surface area contributed by atoms with E-state index in [0.717, 1.165) is 25.8 Å². The lowest BCUT2D eigenvalue weighted by molar-refractivity contribution is 0.417. The molecule has 0 N–H and O–H groups in total. The fourth-order valence-electron chi connectivity index (χ4n) is 4.59. The smallest absolute Gasteiger partial charge is 0.00101 e. The molecule has 0 saturated carbocycles. The van der Waals surface area contributed by atoms with E-state index in [1.54, 1.807) is 0 Å². The first-order chi connectivity index (χ1) is 17.2. The summed E-state index contributed by atoms with van der Waals surface area (Å²) < 4.78 is 0. The fraction of sp³-hybridized carbons (Fsp3) is 0.371. The van der Waals surface area contributed by atoms with Crippen LogP contribution < -0.4 is 0 Å². The van der Waals surface area contributed by atoms with Crippen molar-refractivity contribution in [1.82, 2.24) is 4.90 Å². The van der Waals surface area contributed by atoms with Crippen LogP contribution in [0.1, 0.15) is 82.1 Å². The molecule has 2 heteroatoms. The Labute approximate surface area is 232 Å². The van der Waals surface area contributed by atoms with Gasteiger partial charge in [-0.2, -0.15) is 0 Å². The van der Waals surface area contributed by atoms with Crippen LogP contribution in [0.3, 0.4) is 0 Å². The number of hydrogen-bond acceptors (Lipinski definition) is 1.